The van der Waals surface area contributed by atoms with Crippen LogP contribution in [0, 0.1) is 0 Å². The average molecular weight is 1240 g/mol. The molecule has 6 heterocycles. The van der Waals surface area contributed by atoms with Crippen molar-refractivity contribution >= 4 is 87.8 Å². The summed E-state index contributed by atoms with van der Waals surface area (Å²) < 4.78 is 41.6. The van der Waals surface area contributed by atoms with Gasteiger partial charge in [-0.3, -0.25) is 43.6 Å². The normalized spacial score (nSPS) is 18.2. The molecule has 5 aromatic carbocycles. The van der Waals surface area contributed by atoms with E-state index in [2.05, 4.69) is 28.4 Å². The number of hydrogen-bond donors (Lipinski definition) is 1. The molecule has 3 atom stereocenters. The van der Waals surface area contributed by atoms with Crippen LogP contribution in [0.3, 0.4) is 0 Å². The second kappa shape index (κ2) is 27.5. The summed E-state index contributed by atoms with van der Waals surface area (Å²) in [6, 6.07) is 28.7. The molecule has 11 rings (SSSR count). The minimum Gasteiger partial charge on any atom is -0.493 e. The number of fused-ring (bicyclic) bond motifs is 8. The number of nitrogens with zero attached hydrogens (tertiary/aromatic N) is 6. The monoisotopic (exact) mass is 1240 g/mol. The topological polar surface area (TPSA) is 234 Å². The minimum absolute atomic E-state index is 0.0414. The van der Waals surface area contributed by atoms with E-state index in [9.17, 15) is 33.6 Å². The summed E-state index contributed by atoms with van der Waals surface area (Å²) in [5.41, 5.74) is 8.35. The first-order valence-electron chi connectivity index (χ1n) is 30.0. The van der Waals surface area contributed by atoms with Crippen LogP contribution in [0.15, 0.2) is 96.0 Å². The van der Waals surface area contributed by atoms with Crippen LogP contribution in [-0.4, -0.2) is 160 Å². The van der Waals surface area contributed by atoms with Crippen molar-refractivity contribution in [1.82, 2.24) is 9.96 Å². The van der Waals surface area contributed by atoms with Crippen LogP contribution in [0.4, 0.5) is 28.4 Å². The summed E-state index contributed by atoms with van der Waals surface area (Å²) in [6.07, 6.45) is 3.97. The lowest BCUT2D eigenvalue weighted by Crippen LogP contribution is -2.39. The van der Waals surface area contributed by atoms with Crippen molar-refractivity contribution in [3.8, 4) is 23.0 Å². The predicted molar refractivity (Wildman–Crippen MR) is 333 cm³/mol. The van der Waals surface area contributed by atoms with E-state index in [1.165, 1.54) is 18.9 Å². The second-order valence-corrected chi connectivity index (χ2v) is 25.0. The Morgan fingerprint density at radius 2 is 1.31 bits per heavy atom. The third-order valence-corrected chi connectivity index (χ3v) is 18.1. The van der Waals surface area contributed by atoms with Gasteiger partial charge in [-0.1, -0.05) is 50.2 Å². The molecule has 6 aliphatic heterocycles. The SMILES string of the molecule is COCCOCCOCCN(CCCC(C)(C)SC1CC(=O)N(CCC(=O)ON2C(=O)CCC2=O)C1=O)c1cc(COc2cc3c(cc2OC)C(=O)N2c4ccccc4C[C@H]2C=N3)cc(COc2cc3c(cc2OC)C(=O)N2c4ccccc4C[C@H]2CN3)c1. The first-order valence-corrected chi connectivity index (χ1v) is 30.9. The van der Waals surface area contributed by atoms with Gasteiger partial charge in [-0.2, -0.15) is 0 Å². The van der Waals surface area contributed by atoms with E-state index >= 15 is 0 Å². The molecule has 23 heteroatoms. The summed E-state index contributed by atoms with van der Waals surface area (Å²) in [4.78, 5) is 109. The minimum atomic E-state index is -0.895. The number of benzene rings is 5. The van der Waals surface area contributed by atoms with Crippen LogP contribution < -0.4 is 39.0 Å². The quantitative estimate of drug-likeness (QED) is 0.0368. The second-order valence-electron chi connectivity index (χ2n) is 23.1. The van der Waals surface area contributed by atoms with Crippen LogP contribution in [0.25, 0.3) is 0 Å². The number of para-hydroxylation sites is 2. The lowest BCUT2D eigenvalue weighted by molar-refractivity contribution is -0.197. The number of rotatable bonds is 28. The number of nitrogens with one attached hydrogen (secondary N) is 1. The Morgan fingerprint density at radius 3 is 2.01 bits per heavy atom. The summed E-state index contributed by atoms with van der Waals surface area (Å²) in [5.74, 6) is -1.69. The standard InChI is InChI=1S/C66H73N7O15S/c1-66(2,89-58-36-61(76)70(65(58)80)20-17-62(77)88-73-59(74)15-16-60(73)75)18-10-19-69(21-22-84-25-26-85-24-23-81-3)45-28-41(39-86-56-34-50-48(32-54(56)82-4)63(78)71-46(37-67-50)30-43-11-6-8-13-52(43)71)27-42(29-45)40-87-57-35-51-49(33-55(57)83-5)64(79)72-47(38-68-51)31-44-12-7-9-14-53(44)72/h6-9,11-14,27-29,32-35,37,46-47,58,68H,10,15-26,30-31,36,38-40H2,1-5H3/t46-,47-,58?/m0/s1. The van der Waals surface area contributed by atoms with Gasteiger partial charge in [-0.05, 0) is 84.0 Å². The number of aliphatic imine (C=N–C) groups is 1. The van der Waals surface area contributed by atoms with Gasteiger partial charge < -0.3 is 53.1 Å². The summed E-state index contributed by atoms with van der Waals surface area (Å²) in [7, 11) is 4.70. The first kappa shape index (κ1) is 62.1. The van der Waals surface area contributed by atoms with Crippen molar-refractivity contribution in [1.29, 1.82) is 0 Å². The van der Waals surface area contributed by atoms with E-state index in [1.807, 2.05) is 79.6 Å². The number of carbonyl (C=O) groups excluding carboxylic acids is 7. The molecule has 2 saturated heterocycles. The van der Waals surface area contributed by atoms with E-state index in [-0.39, 0.29) is 69.3 Å². The van der Waals surface area contributed by atoms with Gasteiger partial charge in [-0.15, -0.1) is 16.8 Å². The van der Waals surface area contributed by atoms with E-state index in [0.717, 1.165) is 50.6 Å². The highest BCUT2D eigenvalue weighted by atomic mass is 32.2. The van der Waals surface area contributed by atoms with Gasteiger partial charge >= 0.3 is 5.97 Å². The lowest BCUT2D eigenvalue weighted by Gasteiger charge is -2.30. The van der Waals surface area contributed by atoms with E-state index in [4.69, 9.17) is 43.0 Å². The average Bonchev–Trinajstić information content (AvgIpc) is 2.16. The lowest BCUT2D eigenvalue weighted by atomic mass is 10.1. The largest absolute Gasteiger partial charge is 0.493 e. The summed E-state index contributed by atoms with van der Waals surface area (Å²) in [6.45, 7) is 7.54. The highest BCUT2D eigenvalue weighted by Gasteiger charge is 2.43. The summed E-state index contributed by atoms with van der Waals surface area (Å²) in [5, 5.41) is 3.29. The molecule has 5 aromatic rings. The number of thioether (sulfide) groups is 1. The van der Waals surface area contributed by atoms with E-state index in [1.54, 1.807) is 37.3 Å². The molecule has 22 nitrogen and oxygen atoms in total. The van der Waals surface area contributed by atoms with Gasteiger partial charge in [0.25, 0.3) is 23.6 Å². The van der Waals surface area contributed by atoms with Gasteiger partial charge in [0.2, 0.25) is 11.8 Å². The maximum absolute atomic E-state index is 14.3. The number of anilines is 4. The molecular weight excluding hydrogens is 1160 g/mol. The molecule has 6 amide bonds. The Labute approximate surface area is 520 Å². The first-order chi connectivity index (χ1) is 43.1. The van der Waals surface area contributed by atoms with Gasteiger partial charge in [0.1, 0.15) is 13.2 Å². The summed E-state index contributed by atoms with van der Waals surface area (Å²) >= 11 is 1.41. The van der Waals surface area contributed by atoms with Crippen LogP contribution in [0.2, 0.25) is 0 Å². The van der Waals surface area contributed by atoms with Crippen LogP contribution in [-0.2, 0) is 69.1 Å². The maximum atomic E-state index is 14.3. The number of carbonyl (C=O) groups is 7. The number of hydrogen-bond acceptors (Lipinski definition) is 19. The molecule has 0 spiro atoms. The van der Waals surface area contributed by atoms with Gasteiger partial charge in [-0.25, -0.2) is 4.79 Å². The van der Waals surface area contributed by atoms with Crippen LogP contribution in [0.1, 0.15) is 95.3 Å². The fourth-order valence-corrected chi connectivity index (χ4v) is 13.6. The molecule has 0 aromatic heterocycles. The maximum Gasteiger partial charge on any atom is 0.335 e. The molecule has 0 aliphatic carbocycles. The third kappa shape index (κ3) is 13.9. The number of amides is 6. The smallest absolute Gasteiger partial charge is 0.335 e. The molecule has 6 aliphatic rings. The number of likely N-dealkylation sites (tertiary alicyclic amines) is 1. The van der Waals surface area contributed by atoms with Crippen LogP contribution >= 0.6 is 11.8 Å². The molecule has 1 unspecified atom stereocenters. The highest BCUT2D eigenvalue weighted by molar-refractivity contribution is 8.02. The van der Waals surface area contributed by atoms with Crippen molar-refractivity contribution < 1.29 is 71.6 Å². The Bertz CT molecular complexity index is 3560. The van der Waals surface area contributed by atoms with E-state index in [0.29, 0.717) is 122 Å². The van der Waals surface area contributed by atoms with Gasteiger partial charge in [0, 0.05) is 99.1 Å². The molecule has 89 heavy (non-hydrogen) atoms. The highest BCUT2D eigenvalue weighted by Crippen LogP contribution is 2.44. The van der Waals surface area contributed by atoms with Crippen molar-refractivity contribution in [3.05, 3.63) is 124 Å². The predicted octanol–water partition coefficient (Wildman–Crippen LogP) is 8.05. The Kier molecular flexibility index (Phi) is 19.2. The zero-order valence-corrected chi connectivity index (χ0v) is 51.4. The Hall–Kier alpha value is -8.51. The molecule has 0 radical (unpaired) electrons. The fourth-order valence-electron chi connectivity index (χ4n) is 12.2. The molecule has 0 bridgehead atoms. The molecule has 1 N–H and O–H groups in total. The zero-order chi connectivity index (χ0) is 62.3. The van der Waals surface area contributed by atoms with Gasteiger partial charge in [0.15, 0.2) is 23.0 Å². The van der Waals surface area contributed by atoms with Crippen molar-refractivity contribution in [3.63, 3.8) is 0 Å². The number of methoxy groups -OCH3 is 3. The molecule has 0 saturated carbocycles. The van der Waals surface area contributed by atoms with Gasteiger partial charge in [0.05, 0.1) is 93.5 Å². The zero-order valence-electron chi connectivity index (χ0n) is 50.6. The number of hydroxylamine groups is 2. The molecule has 2 fully saturated rings. The molecule has 468 valence electrons. The number of ether oxygens (including phenoxy) is 7. The fraction of sp³-hybridized carbons (Fsp3) is 0.424. The van der Waals surface area contributed by atoms with E-state index < -0.39 is 39.6 Å². The van der Waals surface area contributed by atoms with Crippen molar-refractivity contribution in [2.75, 3.05) is 101 Å². The van der Waals surface area contributed by atoms with Crippen LogP contribution in [0.5, 0.6) is 23.0 Å². The number of imide groups is 2. The molecular formula is C66H73N7O15S. The van der Waals surface area contributed by atoms with Crippen molar-refractivity contribution in [2.24, 2.45) is 4.99 Å². The Morgan fingerprint density at radius 1 is 0.685 bits per heavy atom. The third-order valence-electron chi connectivity index (χ3n) is 16.6. The van der Waals surface area contributed by atoms with Crippen molar-refractivity contribution in [2.45, 2.75) is 101 Å². The Balaban J connectivity index is 0.837.